The molecule has 1 aromatic rings. The zero-order valence-electron chi connectivity index (χ0n) is 9.86. The molecule has 0 saturated carbocycles. The molecule has 0 saturated heterocycles. The minimum atomic E-state index is -1.06. The van der Waals surface area contributed by atoms with Gasteiger partial charge in [-0.2, -0.15) is 0 Å². The Morgan fingerprint density at radius 1 is 1.29 bits per heavy atom. The second kappa shape index (κ2) is 4.86. The topological polar surface area (TPSA) is 92.4 Å². The Balaban J connectivity index is 2.62. The first kappa shape index (κ1) is 13.0. The first-order chi connectivity index (χ1) is 7.81. The van der Waals surface area contributed by atoms with E-state index in [1.165, 1.54) is 12.1 Å². The average Bonchev–Trinajstić information content (AvgIpc) is 2.20. The number of aromatic hydroxyl groups is 1. The van der Waals surface area contributed by atoms with Gasteiger partial charge in [0, 0.05) is 0 Å². The maximum absolute atomic E-state index is 11.6. The van der Waals surface area contributed by atoms with E-state index in [0.717, 1.165) is 5.56 Å². The smallest absolute Gasteiger partial charge is 0.242 e. The molecule has 0 fully saturated rings. The Labute approximate surface area is 99.6 Å². The van der Waals surface area contributed by atoms with Crippen molar-refractivity contribution in [1.82, 2.24) is 5.32 Å². The fourth-order valence-corrected chi connectivity index (χ4v) is 1.25. The van der Waals surface area contributed by atoms with Gasteiger partial charge >= 0.3 is 0 Å². The van der Waals surface area contributed by atoms with Gasteiger partial charge in [0.2, 0.25) is 11.8 Å². The highest BCUT2D eigenvalue weighted by atomic mass is 16.3. The molecule has 5 nitrogen and oxygen atoms in total. The fraction of sp³-hybridized carbons (Fsp3) is 0.333. The van der Waals surface area contributed by atoms with Crippen molar-refractivity contribution >= 4 is 11.8 Å². The molecule has 0 aliphatic heterocycles. The summed E-state index contributed by atoms with van der Waals surface area (Å²) in [6.45, 7) is 3.09. The van der Waals surface area contributed by atoms with E-state index in [0.29, 0.717) is 0 Å². The molecule has 0 aliphatic carbocycles. The van der Waals surface area contributed by atoms with Gasteiger partial charge < -0.3 is 16.2 Å². The van der Waals surface area contributed by atoms with Crippen LogP contribution in [0, 0.1) is 0 Å². The van der Waals surface area contributed by atoms with Crippen LogP contribution in [0.5, 0.6) is 5.75 Å². The van der Waals surface area contributed by atoms with Crippen molar-refractivity contribution in [3.63, 3.8) is 0 Å². The number of carbonyl (C=O) groups is 2. The second-order valence-electron chi connectivity index (χ2n) is 4.38. The van der Waals surface area contributed by atoms with Crippen molar-refractivity contribution in [2.24, 2.45) is 5.73 Å². The highest BCUT2D eigenvalue weighted by Crippen LogP contribution is 2.10. The number of amides is 2. The normalized spacial score (nSPS) is 10.9. The Bertz CT molecular complexity index is 424. The van der Waals surface area contributed by atoms with Gasteiger partial charge in [0.05, 0.1) is 6.42 Å². The first-order valence-electron chi connectivity index (χ1n) is 5.20. The molecule has 0 spiro atoms. The summed E-state index contributed by atoms with van der Waals surface area (Å²) in [6, 6.07) is 6.29. The fourth-order valence-electron chi connectivity index (χ4n) is 1.25. The molecule has 0 heterocycles. The first-order valence-corrected chi connectivity index (χ1v) is 5.20. The number of benzene rings is 1. The summed E-state index contributed by atoms with van der Waals surface area (Å²) in [7, 11) is 0. The van der Waals surface area contributed by atoms with Crippen LogP contribution in [0.2, 0.25) is 0 Å². The molecule has 0 aromatic heterocycles. The Kier molecular flexibility index (Phi) is 3.73. The van der Waals surface area contributed by atoms with Gasteiger partial charge in [-0.3, -0.25) is 9.59 Å². The summed E-state index contributed by atoms with van der Waals surface area (Å²) in [5, 5.41) is 11.6. The molecule has 0 radical (unpaired) electrons. The van der Waals surface area contributed by atoms with E-state index < -0.39 is 11.4 Å². The maximum Gasteiger partial charge on any atom is 0.242 e. The van der Waals surface area contributed by atoms with E-state index in [-0.39, 0.29) is 18.1 Å². The Morgan fingerprint density at radius 3 is 2.29 bits per heavy atom. The van der Waals surface area contributed by atoms with E-state index in [1.54, 1.807) is 26.0 Å². The molecule has 2 amide bonds. The van der Waals surface area contributed by atoms with Crippen molar-refractivity contribution in [2.75, 3.05) is 0 Å². The minimum Gasteiger partial charge on any atom is -0.508 e. The van der Waals surface area contributed by atoms with Gasteiger partial charge in [0.1, 0.15) is 11.3 Å². The van der Waals surface area contributed by atoms with Gasteiger partial charge in [-0.25, -0.2) is 0 Å². The summed E-state index contributed by atoms with van der Waals surface area (Å²) < 4.78 is 0. The number of nitrogens with one attached hydrogen (secondary N) is 1. The number of hydrogen-bond donors (Lipinski definition) is 3. The summed E-state index contributed by atoms with van der Waals surface area (Å²) in [4.78, 5) is 22.7. The number of hydrogen-bond acceptors (Lipinski definition) is 3. The van der Waals surface area contributed by atoms with Gasteiger partial charge in [0.25, 0.3) is 0 Å². The molecule has 4 N–H and O–H groups in total. The number of rotatable bonds is 4. The van der Waals surface area contributed by atoms with Crippen molar-refractivity contribution < 1.29 is 14.7 Å². The van der Waals surface area contributed by atoms with Crippen LogP contribution >= 0.6 is 0 Å². The highest BCUT2D eigenvalue weighted by Gasteiger charge is 2.26. The molecular weight excluding hydrogens is 220 g/mol. The van der Waals surface area contributed by atoms with Crippen LogP contribution in [-0.2, 0) is 16.0 Å². The lowest BCUT2D eigenvalue weighted by Gasteiger charge is -2.22. The number of carbonyl (C=O) groups excluding carboxylic acids is 2. The molecule has 1 rings (SSSR count). The van der Waals surface area contributed by atoms with E-state index in [9.17, 15) is 9.59 Å². The summed E-state index contributed by atoms with van der Waals surface area (Å²) >= 11 is 0. The monoisotopic (exact) mass is 236 g/mol. The molecule has 92 valence electrons. The van der Waals surface area contributed by atoms with E-state index >= 15 is 0 Å². The number of nitrogens with two attached hydrogens (primary N) is 1. The Hall–Kier alpha value is -2.04. The van der Waals surface area contributed by atoms with Gasteiger partial charge in [-0.1, -0.05) is 12.1 Å². The van der Waals surface area contributed by atoms with E-state index in [2.05, 4.69) is 5.32 Å². The molecule has 0 bridgehead atoms. The van der Waals surface area contributed by atoms with Crippen molar-refractivity contribution in [1.29, 1.82) is 0 Å². The lowest BCUT2D eigenvalue weighted by atomic mass is 10.0. The predicted octanol–water partition coefficient (Wildman–Crippen LogP) is 0.315. The third-order valence-electron chi connectivity index (χ3n) is 2.37. The molecular formula is C12H16N2O3. The Morgan fingerprint density at radius 2 is 1.82 bits per heavy atom. The summed E-state index contributed by atoms with van der Waals surface area (Å²) in [5.41, 5.74) is 4.83. The number of phenolic OH excluding ortho intramolecular Hbond substituents is 1. The van der Waals surface area contributed by atoms with Crippen LogP contribution in [0.1, 0.15) is 19.4 Å². The van der Waals surface area contributed by atoms with E-state index in [1.807, 2.05) is 0 Å². The quantitative estimate of drug-likeness (QED) is 0.702. The molecule has 0 aliphatic rings. The summed E-state index contributed by atoms with van der Waals surface area (Å²) in [5.74, 6) is -0.734. The minimum absolute atomic E-state index is 0.136. The van der Waals surface area contributed by atoms with Gasteiger partial charge in [-0.15, -0.1) is 0 Å². The average molecular weight is 236 g/mol. The maximum atomic E-state index is 11.6. The predicted molar refractivity (Wildman–Crippen MR) is 63.2 cm³/mol. The third-order valence-corrected chi connectivity index (χ3v) is 2.37. The van der Waals surface area contributed by atoms with E-state index in [4.69, 9.17) is 10.8 Å². The zero-order chi connectivity index (χ0) is 13.1. The molecule has 0 atom stereocenters. The standard InChI is InChI=1S/C12H16N2O3/c1-12(2,11(13)17)14-10(16)7-8-3-5-9(15)6-4-8/h3-6,15H,7H2,1-2H3,(H2,13,17)(H,14,16). The van der Waals surface area contributed by atoms with Gasteiger partial charge in [-0.05, 0) is 31.5 Å². The third kappa shape index (κ3) is 3.79. The lowest BCUT2D eigenvalue weighted by molar-refractivity contribution is -0.130. The molecule has 1 aromatic carbocycles. The largest absolute Gasteiger partial charge is 0.508 e. The van der Waals surface area contributed by atoms with Crippen LogP contribution in [0.3, 0.4) is 0 Å². The van der Waals surface area contributed by atoms with Crippen LogP contribution in [-0.4, -0.2) is 22.5 Å². The molecule has 17 heavy (non-hydrogen) atoms. The van der Waals surface area contributed by atoms with Crippen molar-refractivity contribution in [2.45, 2.75) is 25.8 Å². The van der Waals surface area contributed by atoms with Crippen LogP contribution in [0.15, 0.2) is 24.3 Å². The molecule has 0 unspecified atom stereocenters. The molecule has 5 heteroatoms. The summed E-state index contributed by atoms with van der Waals surface area (Å²) in [6.07, 6.45) is 0.136. The second-order valence-corrected chi connectivity index (χ2v) is 4.38. The van der Waals surface area contributed by atoms with Crippen molar-refractivity contribution in [3.8, 4) is 5.75 Å². The van der Waals surface area contributed by atoms with Crippen LogP contribution in [0.25, 0.3) is 0 Å². The lowest BCUT2D eigenvalue weighted by Crippen LogP contribution is -2.53. The van der Waals surface area contributed by atoms with Crippen LogP contribution in [0.4, 0.5) is 0 Å². The number of phenols is 1. The van der Waals surface area contributed by atoms with Gasteiger partial charge in [0.15, 0.2) is 0 Å². The highest BCUT2D eigenvalue weighted by molar-refractivity contribution is 5.90. The van der Waals surface area contributed by atoms with Crippen molar-refractivity contribution in [3.05, 3.63) is 29.8 Å². The van der Waals surface area contributed by atoms with Crippen LogP contribution < -0.4 is 11.1 Å². The number of primary amides is 1. The zero-order valence-corrected chi connectivity index (χ0v) is 9.86. The SMILES string of the molecule is CC(C)(NC(=O)Cc1ccc(O)cc1)C(N)=O.